The van der Waals surface area contributed by atoms with Crippen LogP contribution in [0.25, 0.3) is 0 Å². The van der Waals surface area contributed by atoms with E-state index >= 15 is 0 Å². The Kier molecular flexibility index (Phi) is 6.42. The first-order chi connectivity index (χ1) is 13.3. The van der Waals surface area contributed by atoms with Gasteiger partial charge in [0.15, 0.2) is 6.10 Å². The number of ether oxygens (including phenoxy) is 1. The van der Waals surface area contributed by atoms with Crippen molar-refractivity contribution in [1.29, 1.82) is 0 Å². The summed E-state index contributed by atoms with van der Waals surface area (Å²) in [5.41, 5.74) is 1.12. The van der Waals surface area contributed by atoms with E-state index in [1.807, 2.05) is 31.2 Å². The van der Waals surface area contributed by atoms with Crippen LogP contribution in [0.1, 0.15) is 12.5 Å². The van der Waals surface area contributed by atoms with E-state index in [0.29, 0.717) is 18.8 Å². The topological polar surface area (TPSA) is 66.9 Å². The monoisotopic (exact) mass is 466 g/mol. The molecule has 1 atom stereocenters. The zero-order valence-electron chi connectivity index (χ0n) is 15.8. The van der Waals surface area contributed by atoms with E-state index in [-0.39, 0.29) is 23.9 Å². The predicted octanol–water partition coefficient (Wildman–Crippen LogP) is 3.06. The van der Waals surface area contributed by atoms with Gasteiger partial charge in [-0.15, -0.1) is 0 Å². The molecule has 6 nitrogen and oxygen atoms in total. The molecule has 1 aliphatic rings. The van der Waals surface area contributed by atoms with Crippen LogP contribution in [0.3, 0.4) is 0 Å². The number of rotatable bonds is 5. The van der Waals surface area contributed by atoms with Gasteiger partial charge >= 0.3 is 0 Å². The molecule has 150 valence electrons. The summed E-state index contributed by atoms with van der Waals surface area (Å²) in [4.78, 5) is 14.6. The number of carbonyl (C=O) groups is 1. The van der Waals surface area contributed by atoms with Crippen LogP contribution in [-0.4, -0.2) is 55.8 Å². The Morgan fingerprint density at radius 1 is 1.00 bits per heavy atom. The summed E-state index contributed by atoms with van der Waals surface area (Å²) in [6, 6.07) is 14.1. The van der Waals surface area contributed by atoms with Crippen LogP contribution in [0.5, 0.6) is 5.75 Å². The van der Waals surface area contributed by atoms with Crippen molar-refractivity contribution in [3.05, 3.63) is 58.6 Å². The van der Waals surface area contributed by atoms with Crippen LogP contribution in [0, 0.1) is 6.92 Å². The van der Waals surface area contributed by atoms with Crippen molar-refractivity contribution in [3.63, 3.8) is 0 Å². The van der Waals surface area contributed by atoms with Crippen LogP contribution in [0.2, 0.25) is 0 Å². The van der Waals surface area contributed by atoms with E-state index in [9.17, 15) is 13.2 Å². The molecule has 1 fully saturated rings. The van der Waals surface area contributed by atoms with E-state index in [1.165, 1.54) is 4.31 Å². The normalized spacial score (nSPS) is 16.6. The van der Waals surface area contributed by atoms with Gasteiger partial charge in [-0.3, -0.25) is 4.79 Å². The number of sulfonamides is 1. The molecule has 0 aliphatic carbocycles. The zero-order valence-corrected chi connectivity index (χ0v) is 18.2. The first kappa shape index (κ1) is 20.8. The lowest BCUT2D eigenvalue weighted by Gasteiger charge is -2.35. The Morgan fingerprint density at radius 3 is 2.14 bits per heavy atom. The fourth-order valence-corrected chi connectivity index (χ4v) is 4.72. The van der Waals surface area contributed by atoms with Gasteiger partial charge in [-0.25, -0.2) is 8.42 Å². The fraction of sp³-hybridized carbons (Fsp3) is 0.350. The second-order valence-corrected chi connectivity index (χ2v) is 9.61. The standard InChI is InChI=1S/C20H23BrN2O4S/c1-15-3-7-18(8-4-15)27-16(2)20(24)22-11-13-23(14-12-22)28(25,26)19-9-5-17(21)6-10-19/h3-10,16H,11-14H2,1-2H3. The second kappa shape index (κ2) is 8.63. The van der Waals surface area contributed by atoms with Gasteiger partial charge in [-0.2, -0.15) is 4.31 Å². The molecular weight excluding hydrogens is 444 g/mol. The van der Waals surface area contributed by atoms with E-state index in [4.69, 9.17) is 4.74 Å². The summed E-state index contributed by atoms with van der Waals surface area (Å²) in [5.74, 6) is 0.504. The molecule has 8 heteroatoms. The average Bonchev–Trinajstić information content (AvgIpc) is 2.69. The predicted molar refractivity (Wildman–Crippen MR) is 111 cm³/mol. The molecule has 1 unspecified atom stereocenters. The number of piperazine rings is 1. The lowest BCUT2D eigenvalue weighted by atomic mass is 10.2. The molecule has 0 radical (unpaired) electrons. The van der Waals surface area contributed by atoms with Gasteiger partial charge in [-0.05, 0) is 50.2 Å². The molecule has 0 spiro atoms. The number of aryl methyl sites for hydroxylation is 1. The van der Waals surface area contributed by atoms with Crippen molar-refractivity contribution in [2.45, 2.75) is 24.8 Å². The van der Waals surface area contributed by atoms with Crippen LogP contribution in [-0.2, 0) is 14.8 Å². The first-order valence-corrected chi connectivity index (χ1v) is 11.3. The van der Waals surface area contributed by atoms with Gasteiger partial charge in [-0.1, -0.05) is 33.6 Å². The van der Waals surface area contributed by atoms with Gasteiger partial charge in [0.2, 0.25) is 10.0 Å². The molecule has 1 saturated heterocycles. The average molecular weight is 467 g/mol. The summed E-state index contributed by atoms with van der Waals surface area (Å²) >= 11 is 3.31. The molecule has 1 heterocycles. The maximum Gasteiger partial charge on any atom is 0.263 e. The molecule has 1 amide bonds. The smallest absolute Gasteiger partial charge is 0.263 e. The van der Waals surface area contributed by atoms with Gasteiger partial charge in [0.1, 0.15) is 5.75 Å². The SMILES string of the molecule is Cc1ccc(OC(C)C(=O)N2CCN(S(=O)(=O)c3ccc(Br)cc3)CC2)cc1. The molecule has 3 rings (SSSR count). The summed E-state index contributed by atoms with van der Waals surface area (Å²) in [5, 5.41) is 0. The summed E-state index contributed by atoms with van der Waals surface area (Å²) in [6.07, 6.45) is -0.627. The number of carbonyl (C=O) groups excluding carboxylic acids is 1. The van der Waals surface area contributed by atoms with Crippen LogP contribution in [0.4, 0.5) is 0 Å². The van der Waals surface area contributed by atoms with Crippen molar-refractivity contribution in [2.24, 2.45) is 0 Å². The summed E-state index contributed by atoms with van der Waals surface area (Å²) in [7, 11) is -3.56. The van der Waals surface area contributed by atoms with Crippen LogP contribution in [0.15, 0.2) is 57.9 Å². The number of benzene rings is 2. The quantitative estimate of drug-likeness (QED) is 0.678. The zero-order chi connectivity index (χ0) is 20.3. The molecule has 0 bridgehead atoms. The number of halogens is 1. The highest BCUT2D eigenvalue weighted by atomic mass is 79.9. The minimum absolute atomic E-state index is 0.138. The lowest BCUT2D eigenvalue weighted by molar-refractivity contribution is -0.139. The van der Waals surface area contributed by atoms with Crippen molar-refractivity contribution in [2.75, 3.05) is 26.2 Å². The Hall–Kier alpha value is -1.90. The molecule has 2 aromatic rings. The maximum atomic E-state index is 12.8. The van der Waals surface area contributed by atoms with E-state index in [0.717, 1.165) is 10.0 Å². The third-order valence-corrected chi connectivity index (χ3v) is 7.12. The lowest BCUT2D eigenvalue weighted by Crippen LogP contribution is -2.53. The summed E-state index contributed by atoms with van der Waals surface area (Å²) < 4.78 is 33.5. The Balaban J connectivity index is 1.58. The molecule has 1 aliphatic heterocycles. The number of hydrogen-bond donors (Lipinski definition) is 0. The number of nitrogens with zero attached hydrogens (tertiary/aromatic N) is 2. The van der Waals surface area contributed by atoms with Crippen molar-refractivity contribution < 1.29 is 17.9 Å². The van der Waals surface area contributed by atoms with E-state index < -0.39 is 16.1 Å². The van der Waals surface area contributed by atoms with Crippen LogP contribution >= 0.6 is 15.9 Å². The minimum atomic E-state index is -3.56. The van der Waals surface area contributed by atoms with Crippen molar-refractivity contribution >= 4 is 31.9 Å². The Bertz CT molecular complexity index is 922. The molecular formula is C20H23BrN2O4S. The molecule has 28 heavy (non-hydrogen) atoms. The van der Waals surface area contributed by atoms with Crippen molar-refractivity contribution in [3.8, 4) is 5.75 Å². The Labute approximate surface area is 174 Å². The summed E-state index contributed by atoms with van der Waals surface area (Å²) in [6.45, 7) is 4.92. The van der Waals surface area contributed by atoms with Gasteiger partial charge < -0.3 is 9.64 Å². The molecule has 0 N–H and O–H groups in total. The van der Waals surface area contributed by atoms with Gasteiger partial charge in [0.05, 0.1) is 4.90 Å². The third-order valence-electron chi connectivity index (χ3n) is 4.68. The minimum Gasteiger partial charge on any atom is -0.481 e. The highest BCUT2D eigenvalue weighted by Gasteiger charge is 2.32. The molecule has 0 saturated carbocycles. The van der Waals surface area contributed by atoms with E-state index in [2.05, 4.69) is 15.9 Å². The highest BCUT2D eigenvalue weighted by molar-refractivity contribution is 9.10. The van der Waals surface area contributed by atoms with E-state index in [1.54, 1.807) is 36.1 Å². The largest absolute Gasteiger partial charge is 0.481 e. The number of amides is 1. The Morgan fingerprint density at radius 2 is 1.57 bits per heavy atom. The molecule has 0 aromatic heterocycles. The first-order valence-electron chi connectivity index (χ1n) is 9.05. The van der Waals surface area contributed by atoms with Crippen molar-refractivity contribution in [1.82, 2.24) is 9.21 Å². The fourth-order valence-electron chi connectivity index (χ4n) is 3.03. The van der Waals surface area contributed by atoms with Crippen LogP contribution < -0.4 is 4.74 Å². The maximum absolute atomic E-state index is 12.8. The second-order valence-electron chi connectivity index (χ2n) is 6.76. The van der Waals surface area contributed by atoms with Gasteiger partial charge in [0, 0.05) is 30.7 Å². The third kappa shape index (κ3) is 4.74. The van der Waals surface area contributed by atoms with Gasteiger partial charge in [0.25, 0.3) is 5.91 Å². The highest BCUT2D eigenvalue weighted by Crippen LogP contribution is 2.21. The number of hydrogen-bond acceptors (Lipinski definition) is 4. The molecule has 2 aromatic carbocycles.